The zero-order valence-corrected chi connectivity index (χ0v) is 14.0. The molecule has 1 aromatic carbocycles. The maximum atomic E-state index is 6.26. The molecule has 0 unspecified atom stereocenters. The van der Waals surface area contributed by atoms with E-state index in [-0.39, 0.29) is 0 Å². The lowest BCUT2D eigenvalue weighted by molar-refractivity contribution is 0.817. The van der Waals surface area contributed by atoms with Crippen LogP contribution in [0, 0.1) is 6.92 Å². The Morgan fingerprint density at radius 1 is 1.20 bits per heavy atom. The van der Waals surface area contributed by atoms with Crippen molar-refractivity contribution in [3.63, 3.8) is 0 Å². The quantitative estimate of drug-likeness (QED) is 0.547. The highest BCUT2D eigenvalue weighted by molar-refractivity contribution is 7.98. The number of nitrogens with zero attached hydrogens (tertiary/aromatic N) is 2. The lowest BCUT2D eigenvalue weighted by Crippen LogP contribution is -2.03. The van der Waals surface area contributed by atoms with Crippen LogP contribution in [0.15, 0.2) is 29.2 Å². The van der Waals surface area contributed by atoms with E-state index in [0.717, 1.165) is 27.0 Å². The van der Waals surface area contributed by atoms with Gasteiger partial charge in [0.2, 0.25) is 0 Å². The van der Waals surface area contributed by atoms with Crippen molar-refractivity contribution in [2.75, 3.05) is 0 Å². The third-order valence-electron chi connectivity index (χ3n) is 2.88. The lowest BCUT2D eigenvalue weighted by Gasteiger charge is -2.12. The fourth-order valence-electron chi connectivity index (χ4n) is 2.03. The van der Waals surface area contributed by atoms with Gasteiger partial charge in [-0.2, -0.15) is 0 Å². The highest BCUT2D eigenvalue weighted by Crippen LogP contribution is 2.28. The van der Waals surface area contributed by atoms with Crippen LogP contribution in [0.5, 0.6) is 0 Å². The van der Waals surface area contributed by atoms with E-state index in [9.17, 15) is 0 Å². The fraction of sp³-hybridized carbons (Fsp3) is 0.333. The second-order valence-electron chi connectivity index (χ2n) is 4.83. The van der Waals surface area contributed by atoms with E-state index in [1.165, 1.54) is 0 Å². The van der Waals surface area contributed by atoms with Crippen molar-refractivity contribution in [3.8, 4) is 0 Å². The molecule has 5 heteroatoms. The Bertz CT molecular complexity index is 592. The molecule has 0 saturated carbocycles. The number of hydrogen-bond donors (Lipinski definition) is 0. The van der Waals surface area contributed by atoms with Crippen molar-refractivity contribution in [1.82, 2.24) is 9.97 Å². The highest BCUT2D eigenvalue weighted by Gasteiger charge is 2.13. The second kappa shape index (κ2) is 6.79. The molecule has 106 valence electrons. The van der Waals surface area contributed by atoms with Gasteiger partial charge < -0.3 is 0 Å². The Kier molecular flexibility index (Phi) is 5.30. The monoisotopic (exact) mass is 326 g/mol. The molecule has 0 aliphatic heterocycles. The Hall–Kier alpha value is -0.770. The van der Waals surface area contributed by atoms with Crippen LogP contribution in [0.25, 0.3) is 0 Å². The Morgan fingerprint density at radius 3 is 2.55 bits per heavy atom. The zero-order valence-electron chi connectivity index (χ0n) is 11.7. The summed E-state index contributed by atoms with van der Waals surface area (Å²) in [6.07, 6.45) is 0. The van der Waals surface area contributed by atoms with Crippen molar-refractivity contribution in [1.29, 1.82) is 0 Å². The molecular formula is C15H16Cl2N2S. The normalized spacial score (nSPS) is 11.1. The standard InChI is InChI=1S/C15H16Cl2N2S/c1-9(2)14-10(3)18-13(19-15(14)17)8-20-12-6-4-5-11(16)7-12/h4-7,9H,8H2,1-3H3. The molecule has 2 aromatic rings. The molecule has 0 atom stereocenters. The van der Waals surface area contributed by atoms with Gasteiger partial charge in [-0.25, -0.2) is 9.97 Å². The van der Waals surface area contributed by atoms with Gasteiger partial charge in [0.25, 0.3) is 0 Å². The van der Waals surface area contributed by atoms with Crippen molar-refractivity contribution in [3.05, 3.63) is 51.5 Å². The summed E-state index contributed by atoms with van der Waals surface area (Å²) >= 11 is 13.9. The van der Waals surface area contributed by atoms with E-state index in [1.807, 2.05) is 31.2 Å². The summed E-state index contributed by atoms with van der Waals surface area (Å²) < 4.78 is 0. The summed E-state index contributed by atoms with van der Waals surface area (Å²) in [5, 5.41) is 1.30. The van der Waals surface area contributed by atoms with Gasteiger partial charge in [0.05, 0.1) is 5.75 Å². The van der Waals surface area contributed by atoms with Crippen LogP contribution in [0.3, 0.4) is 0 Å². The minimum absolute atomic E-state index is 0.331. The van der Waals surface area contributed by atoms with Crippen molar-refractivity contribution < 1.29 is 0 Å². The summed E-state index contributed by atoms with van der Waals surface area (Å²) in [6.45, 7) is 6.17. The van der Waals surface area contributed by atoms with Crippen LogP contribution < -0.4 is 0 Å². The molecular weight excluding hydrogens is 311 g/mol. The number of thioether (sulfide) groups is 1. The fourth-order valence-corrected chi connectivity index (χ4v) is 3.54. The van der Waals surface area contributed by atoms with E-state index in [2.05, 4.69) is 23.8 Å². The first-order valence-electron chi connectivity index (χ1n) is 6.38. The summed E-state index contributed by atoms with van der Waals surface area (Å²) in [5.74, 6) is 1.76. The minimum Gasteiger partial charge on any atom is -0.237 e. The van der Waals surface area contributed by atoms with Crippen LogP contribution in [-0.2, 0) is 5.75 Å². The minimum atomic E-state index is 0.331. The van der Waals surface area contributed by atoms with E-state index in [1.54, 1.807) is 11.8 Å². The van der Waals surface area contributed by atoms with Gasteiger partial charge in [0.1, 0.15) is 11.0 Å². The van der Waals surface area contributed by atoms with E-state index in [0.29, 0.717) is 16.8 Å². The topological polar surface area (TPSA) is 25.8 Å². The van der Waals surface area contributed by atoms with Crippen LogP contribution >= 0.6 is 35.0 Å². The molecule has 0 aliphatic rings. The van der Waals surface area contributed by atoms with E-state index >= 15 is 0 Å². The lowest BCUT2D eigenvalue weighted by atomic mass is 10.0. The third kappa shape index (κ3) is 3.87. The average Bonchev–Trinajstić information content (AvgIpc) is 2.35. The molecule has 0 saturated heterocycles. The second-order valence-corrected chi connectivity index (χ2v) is 6.67. The maximum absolute atomic E-state index is 6.26. The molecule has 0 N–H and O–H groups in total. The number of aryl methyl sites for hydroxylation is 1. The van der Waals surface area contributed by atoms with Gasteiger partial charge in [0, 0.05) is 21.2 Å². The smallest absolute Gasteiger partial charge is 0.140 e. The maximum Gasteiger partial charge on any atom is 0.140 e. The van der Waals surface area contributed by atoms with Gasteiger partial charge in [0.15, 0.2) is 0 Å². The van der Waals surface area contributed by atoms with E-state index in [4.69, 9.17) is 23.2 Å². The Morgan fingerprint density at radius 2 is 1.95 bits per heavy atom. The van der Waals surface area contributed by atoms with Gasteiger partial charge >= 0.3 is 0 Å². The first-order chi connectivity index (χ1) is 9.47. The predicted octanol–water partition coefficient (Wildman–Crippen LogP) is 5.51. The van der Waals surface area contributed by atoms with E-state index < -0.39 is 0 Å². The Balaban J connectivity index is 2.15. The Labute approximate surface area is 133 Å². The van der Waals surface area contributed by atoms with Crippen molar-refractivity contribution in [2.24, 2.45) is 0 Å². The zero-order chi connectivity index (χ0) is 14.7. The molecule has 0 bridgehead atoms. The van der Waals surface area contributed by atoms with Gasteiger partial charge in [-0.3, -0.25) is 0 Å². The summed E-state index contributed by atoms with van der Waals surface area (Å²) in [6, 6.07) is 7.75. The van der Waals surface area contributed by atoms with Crippen LogP contribution in [0.4, 0.5) is 0 Å². The molecule has 2 rings (SSSR count). The predicted molar refractivity (Wildman–Crippen MR) is 86.9 cm³/mol. The molecule has 0 radical (unpaired) electrons. The van der Waals surface area contributed by atoms with Crippen LogP contribution in [-0.4, -0.2) is 9.97 Å². The number of rotatable bonds is 4. The first-order valence-corrected chi connectivity index (χ1v) is 8.13. The van der Waals surface area contributed by atoms with Crippen molar-refractivity contribution in [2.45, 2.75) is 37.3 Å². The average molecular weight is 327 g/mol. The molecule has 2 nitrogen and oxygen atoms in total. The number of aromatic nitrogens is 2. The molecule has 0 spiro atoms. The molecule has 1 aromatic heterocycles. The number of halogens is 2. The molecule has 0 fully saturated rings. The van der Waals surface area contributed by atoms with Crippen LogP contribution in [0.1, 0.15) is 36.8 Å². The molecule has 1 heterocycles. The van der Waals surface area contributed by atoms with Gasteiger partial charge in [-0.05, 0) is 31.0 Å². The SMILES string of the molecule is Cc1nc(CSc2cccc(Cl)c2)nc(Cl)c1C(C)C. The van der Waals surface area contributed by atoms with Gasteiger partial charge in [-0.15, -0.1) is 11.8 Å². The molecule has 0 amide bonds. The number of hydrogen-bond acceptors (Lipinski definition) is 3. The summed E-state index contributed by atoms with van der Waals surface area (Å²) in [5.41, 5.74) is 1.99. The third-order valence-corrected chi connectivity index (χ3v) is 4.39. The van der Waals surface area contributed by atoms with Gasteiger partial charge in [-0.1, -0.05) is 43.1 Å². The first kappa shape index (κ1) is 15.6. The summed E-state index contributed by atoms with van der Waals surface area (Å²) in [7, 11) is 0. The summed E-state index contributed by atoms with van der Waals surface area (Å²) in [4.78, 5) is 10.0. The highest BCUT2D eigenvalue weighted by atomic mass is 35.5. The molecule has 20 heavy (non-hydrogen) atoms. The van der Waals surface area contributed by atoms with Crippen LogP contribution in [0.2, 0.25) is 10.2 Å². The molecule has 0 aliphatic carbocycles. The largest absolute Gasteiger partial charge is 0.237 e. The van der Waals surface area contributed by atoms with Crippen molar-refractivity contribution >= 4 is 35.0 Å². The number of benzene rings is 1.